The largest absolute Gasteiger partial charge is 1.00 e. The smallest absolute Gasteiger partial charge is 0.0767 e. The molecule has 0 spiro atoms. The molecule has 0 unspecified atom stereocenters. The zero-order valence-electron chi connectivity index (χ0n) is 17.5. The molecular weight excluding hydrogens is 562 g/mol. The van der Waals surface area contributed by atoms with E-state index in [2.05, 4.69) is 0 Å². The van der Waals surface area contributed by atoms with Gasteiger partial charge in [0, 0.05) is 6.42 Å². The van der Waals surface area contributed by atoms with E-state index in [4.69, 9.17) is 14.2 Å². The number of aryl methyl sites for hydroxylation is 1. The summed E-state index contributed by atoms with van der Waals surface area (Å²) in [5.74, 6) is 1.78. The number of hydrogen-bond acceptors (Lipinski definition) is 4. The number of carbonyl (C=O) groups is 1. The number of hydrogen-bond donors (Lipinski definition) is 0. The summed E-state index contributed by atoms with van der Waals surface area (Å²) in [5, 5.41) is 0. The molecule has 2 aliphatic rings. The number of para-hydroxylation sites is 1. The van der Waals surface area contributed by atoms with Crippen LogP contribution >= 0.6 is 7.81 Å². The Bertz CT molecular complexity index is 1060. The summed E-state index contributed by atoms with van der Waals surface area (Å²) in [5.41, 5.74) is 2.45. The molecule has 1 aliphatic carbocycles. The number of allylic oxidation sites excluding steroid dienone is 4. The van der Waals surface area contributed by atoms with Crippen LogP contribution in [0.2, 0.25) is 0 Å². The first-order valence-electron chi connectivity index (χ1n) is 8.97. The molecule has 4 rings (SSSR count). The Morgan fingerprint density at radius 2 is 1.36 bits per heavy atom. The average Bonchev–Trinajstić information content (AvgIpc) is 3.26. The third-order valence-corrected chi connectivity index (χ3v) is 4.00. The van der Waals surface area contributed by atoms with Crippen molar-refractivity contribution in [3.05, 3.63) is 77.7 Å². The Morgan fingerprint density at radius 3 is 1.85 bits per heavy atom. The predicted molar refractivity (Wildman–Crippen MR) is 110 cm³/mol. The van der Waals surface area contributed by atoms with Gasteiger partial charge in [0.15, 0.2) is 23.0 Å². The maximum atomic E-state index is 11.8. The first-order valence-corrected chi connectivity index (χ1v) is 11.0. The molecule has 2 aromatic carbocycles. The zero-order chi connectivity index (χ0) is 24.2. The number of benzene rings is 2. The maximum Gasteiger partial charge on any atom is 1.00 e. The van der Waals surface area contributed by atoms with E-state index in [1.54, 1.807) is 18.2 Å². The SMILES string of the molecule is COC(=O)c1cccc2c1Oc1c(ccc(C)c1C)O2.F[P-](F)(F)(F)(F)F.[CH]1C=CC=C1.[Ru+]. The molecule has 0 saturated carbocycles. The van der Waals surface area contributed by atoms with Crippen molar-refractivity contribution in [3.8, 4) is 23.0 Å². The van der Waals surface area contributed by atoms with Gasteiger partial charge in [-0.2, -0.15) is 0 Å². The fraction of sp³-hybridized carbons (Fsp3) is 0.143. The van der Waals surface area contributed by atoms with E-state index in [9.17, 15) is 30.0 Å². The van der Waals surface area contributed by atoms with Gasteiger partial charge in [0.25, 0.3) is 0 Å². The average molecular weight is 581 g/mol. The van der Waals surface area contributed by atoms with E-state index in [1.807, 2.05) is 56.7 Å². The van der Waals surface area contributed by atoms with Crippen LogP contribution in [0.5, 0.6) is 23.0 Å². The van der Waals surface area contributed by atoms with Crippen molar-refractivity contribution < 1.29 is 63.7 Å². The second-order valence-corrected chi connectivity index (χ2v) is 8.50. The third kappa shape index (κ3) is 9.97. The van der Waals surface area contributed by atoms with Crippen LogP contribution in [0.4, 0.5) is 25.2 Å². The van der Waals surface area contributed by atoms with Gasteiger partial charge in [-0.25, -0.2) is 4.79 Å². The molecule has 1 heterocycles. The Labute approximate surface area is 199 Å². The Hall–Kier alpha value is -2.38. The van der Waals surface area contributed by atoms with Crippen molar-refractivity contribution in [2.75, 3.05) is 7.11 Å². The quantitative estimate of drug-likeness (QED) is 0.125. The molecular formula is C21H19F6O4PRu. The van der Waals surface area contributed by atoms with Gasteiger partial charge in [-0.1, -0.05) is 36.4 Å². The van der Waals surface area contributed by atoms with E-state index >= 15 is 0 Å². The maximum absolute atomic E-state index is 11.8. The fourth-order valence-corrected chi connectivity index (χ4v) is 2.49. The monoisotopic (exact) mass is 582 g/mol. The van der Waals surface area contributed by atoms with Crippen LogP contribution in [0, 0.1) is 20.3 Å². The van der Waals surface area contributed by atoms with Crippen molar-refractivity contribution in [2.24, 2.45) is 0 Å². The number of carbonyl (C=O) groups excluding carboxylic acids is 1. The van der Waals surface area contributed by atoms with Crippen LogP contribution in [-0.2, 0) is 24.2 Å². The number of methoxy groups -OCH3 is 1. The summed E-state index contributed by atoms with van der Waals surface area (Å²) in [6, 6.07) is 9.00. The molecule has 2 aromatic rings. The van der Waals surface area contributed by atoms with Gasteiger partial charge in [0.2, 0.25) is 0 Å². The third-order valence-electron chi connectivity index (χ3n) is 4.00. The summed E-state index contributed by atoms with van der Waals surface area (Å²) in [6.45, 7) is 3.96. The van der Waals surface area contributed by atoms with E-state index in [1.165, 1.54) is 7.11 Å². The van der Waals surface area contributed by atoms with Crippen molar-refractivity contribution in [3.63, 3.8) is 0 Å². The van der Waals surface area contributed by atoms with Gasteiger partial charge in [0.05, 0.1) is 7.11 Å². The topological polar surface area (TPSA) is 44.8 Å². The van der Waals surface area contributed by atoms with Crippen LogP contribution in [-0.4, -0.2) is 13.1 Å². The van der Waals surface area contributed by atoms with Gasteiger partial charge in [0.1, 0.15) is 5.56 Å². The number of ether oxygens (including phenoxy) is 3. The van der Waals surface area contributed by atoms with Gasteiger partial charge in [-0.3, -0.25) is 0 Å². The first-order chi connectivity index (χ1) is 14.6. The van der Waals surface area contributed by atoms with Gasteiger partial charge in [-0.15, -0.1) is 0 Å². The minimum atomic E-state index is -10.7. The molecule has 33 heavy (non-hydrogen) atoms. The number of rotatable bonds is 1. The Balaban J connectivity index is 0.000000347. The summed E-state index contributed by atoms with van der Waals surface area (Å²) in [4.78, 5) is 11.8. The van der Waals surface area contributed by atoms with Crippen LogP contribution in [0.1, 0.15) is 21.5 Å². The van der Waals surface area contributed by atoms with Crippen molar-refractivity contribution in [1.29, 1.82) is 0 Å². The van der Waals surface area contributed by atoms with Crippen molar-refractivity contribution >= 4 is 13.8 Å². The molecule has 2 radical (unpaired) electrons. The fourth-order valence-electron chi connectivity index (χ4n) is 2.49. The van der Waals surface area contributed by atoms with Gasteiger partial charge >= 0.3 is 58.4 Å². The van der Waals surface area contributed by atoms with Crippen LogP contribution in [0.25, 0.3) is 0 Å². The van der Waals surface area contributed by atoms with E-state index in [0.29, 0.717) is 28.6 Å². The van der Waals surface area contributed by atoms with Crippen molar-refractivity contribution in [1.82, 2.24) is 0 Å². The number of fused-ring (bicyclic) bond motifs is 2. The van der Waals surface area contributed by atoms with Crippen LogP contribution in [0.3, 0.4) is 0 Å². The molecule has 0 bridgehead atoms. The Kier molecular flexibility index (Phi) is 8.56. The van der Waals surface area contributed by atoms with Crippen molar-refractivity contribution in [2.45, 2.75) is 13.8 Å². The summed E-state index contributed by atoms with van der Waals surface area (Å²) in [7, 11) is -9.32. The second kappa shape index (κ2) is 9.86. The molecule has 0 aromatic heterocycles. The molecule has 0 saturated heterocycles. The van der Waals surface area contributed by atoms with E-state index < -0.39 is 13.8 Å². The van der Waals surface area contributed by atoms with Gasteiger partial charge < -0.3 is 14.2 Å². The standard InChI is InChI=1S/C16H14O4.C5H5.F6P.Ru/c1-9-7-8-13-14(10(9)2)20-15-11(16(17)18-3)5-4-6-12(15)19-13;1-2-4-5-3-1;1-7(2,3,4,5)6;/h4-8H,1-3H3;1-5H;;/q;;-1;+1. The molecule has 0 fully saturated rings. The predicted octanol–water partition coefficient (Wildman–Crippen LogP) is 8.68. The van der Waals surface area contributed by atoms with Crippen LogP contribution in [0.15, 0.2) is 54.6 Å². The molecule has 182 valence electrons. The zero-order valence-corrected chi connectivity index (χ0v) is 20.1. The summed E-state index contributed by atoms with van der Waals surface area (Å²) in [6.07, 6.45) is 10.0. The van der Waals surface area contributed by atoms with E-state index in [0.717, 1.165) is 11.1 Å². The second-order valence-electron chi connectivity index (χ2n) is 6.58. The normalized spacial score (nSPS) is 14.7. The molecule has 0 N–H and O–H groups in total. The molecule has 12 heteroatoms. The summed E-state index contributed by atoms with van der Waals surface area (Å²) >= 11 is 0. The number of esters is 1. The molecule has 0 amide bonds. The minimum Gasteiger partial charge on any atom is -0.0767 e. The first kappa shape index (κ1) is 28.7. The van der Waals surface area contributed by atoms with Crippen LogP contribution < -0.4 is 9.47 Å². The number of halogens is 6. The minimum absolute atomic E-state index is 0. The summed E-state index contributed by atoms with van der Waals surface area (Å²) < 4.78 is 75.7. The molecule has 0 atom stereocenters. The molecule has 4 nitrogen and oxygen atoms in total. The Morgan fingerprint density at radius 1 is 0.818 bits per heavy atom. The van der Waals surface area contributed by atoms with Gasteiger partial charge in [-0.05, 0) is 43.2 Å². The van der Waals surface area contributed by atoms with E-state index in [-0.39, 0.29) is 19.5 Å². The molecule has 1 aliphatic heterocycles.